The number of hydrogen-bond acceptors (Lipinski definition) is 5. The molecular weight excluding hydrogens is 560 g/mol. The Balaban J connectivity index is 0.00000180. The summed E-state index contributed by atoms with van der Waals surface area (Å²) in [5.41, 5.74) is 9.06. The highest BCUT2D eigenvalue weighted by molar-refractivity contribution is 6.33. The smallest absolute Gasteiger partial charge is 0.306 e. The largest absolute Gasteiger partial charge is 0.492 e. The maximum absolute atomic E-state index is 11.8. The topological polar surface area (TPSA) is 54.0 Å². The van der Waals surface area contributed by atoms with Crippen molar-refractivity contribution < 1.29 is 23.7 Å². The molecule has 0 bridgehead atoms. The fourth-order valence-corrected chi connectivity index (χ4v) is 6.39. The predicted molar refractivity (Wildman–Crippen MR) is 171 cm³/mol. The fraction of sp³-hybridized carbons (Fsp3) is 0.324. The van der Waals surface area contributed by atoms with Crippen molar-refractivity contribution in [2.45, 2.75) is 65.6 Å². The summed E-state index contributed by atoms with van der Waals surface area (Å²) >= 11 is 6.88. The van der Waals surface area contributed by atoms with E-state index in [1.807, 2.05) is 56.3 Å². The van der Waals surface area contributed by atoms with Gasteiger partial charge in [0.25, 0.3) is 0 Å². The summed E-state index contributed by atoms with van der Waals surface area (Å²) in [6.07, 6.45) is 1.97. The van der Waals surface area contributed by atoms with Gasteiger partial charge in [-0.05, 0) is 84.3 Å². The third-order valence-electron chi connectivity index (χ3n) is 8.09. The summed E-state index contributed by atoms with van der Waals surface area (Å²) in [7, 11) is 1.41. The molecule has 0 N–H and O–H groups in total. The van der Waals surface area contributed by atoms with Crippen LogP contribution in [-0.4, -0.2) is 19.7 Å². The van der Waals surface area contributed by atoms with E-state index in [0.29, 0.717) is 19.6 Å². The third-order valence-corrected chi connectivity index (χ3v) is 8.41. The lowest BCUT2D eigenvalue weighted by molar-refractivity contribution is -0.141. The molecule has 1 heterocycles. The van der Waals surface area contributed by atoms with Crippen molar-refractivity contribution in [2.24, 2.45) is 0 Å². The van der Waals surface area contributed by atoms with Gasteiger partial charge in [-0.2, -0.15) is 0 Å². The number of carbonyl (C=O) groups is 1. The van der Waals surface area contributed by atoms with Crippen molar-refractivity contribution >= 4 is 17.6 Å². The summed E-state index contributed by atoms with van der Waals surface area (Å²) in [5.74, 6) is 2.15. The average molecular weight is 599 g/mol. The lowest BCUT2D eigenvalue weighted by Crippen LogP contribution is -2.09. The molecule has 0 aromatic heterocycles. The molecule has 224 valence electrons. The Labute approximate surface area is 259 Å². The normalized spacial score (nSPS) is 16.3. The number of esters is 1. The van der Waals surface area contributed by atoms with E-state index >= 15 is 0 Å². The van der Waals surface area contributed by atoms with Gasteiger partial charge in [0.1, 0.15) is 30.0 Å². The van der Waals surface area contributed by atoms with Crippen molar-refractivity contribution in [3.8, 4) is 28.4 Å². The molecule has 6 rings (SSSR count). The summed E-state index contributed by atoms with van der Waals surface area (Å²) in [6, 6.07) is 24.4. The molecule has 0 unspecified atom stereocenters. The lowest BCUT2D eigenvalue weighted by Gasteiger charge is -2.20. The highest BCUT2D eigenvalue weighted by Gasteiger charge is 2.31. The van der Waals surface area contributed by atoms with Crippen LogP contribution in [0.15, 0.2) is 72.8 Å². The van der Waals surface area contributed by atoms with Crippen LogP contribution in [0.25, 0.3) is 11.1 Å². The molecule has 0 amide bonds. The number of aryl methyl sites for hydroxylation is 2. The van der Waals surface area contributed by atoms with Crippen molar-refractivity contribution in [1.82, 2.24) is 0 Å². The summed E-state index contributed by atoms with van der Waals surface area (Å²) in [5, 5.41) is 0.746. The third kappa shape index (κ3) is 6.52. The first-order valence-electron chi connectivity index (χ1n) is 15.0. The van der Waals surface area contributed by atoms with E-state index in [2.05, 4.69) is 44.2 Å². The van der Waals surface area contributed by atoms with Gasteiger partial charge in [0, 0.05) is 28.1 Å². The van der Waals surface area contributed by atoms with Crippen LogP contribution in [0.1, 0.15) is 72.1 Å². The SMILES string of the molecule is CC.COC(=O)C[C@@H]1COc2cc(O[C@@H]3CCc4c3ccc(Cl)c4-c3c(C)cc(OCc4ccccc4)cc3C)ccc21. The Morgan fingerprint density at radius 3 is 2.35 bits per heavy atom. The average Bonchev–Trinajstić information content (AvgIpc) is 3.61. The van der Waals surface area contributed by atoms with Gasteiger partial charge in [0.05, 0.1) is 20.1 Å². The van der Waals surface area contributed by atoms with Gasteiger partial charge in [0.15, 0.2) is 0 Å². The molecule has 0 fully saturated rings. The zero-order valence-corrected chi connectivity index (χ0v) is 26.3. The van der Waals surface area contributed by atoms with E-state index in [9.17, 15) is 4.79 Å². The minimum absolute atomic E-state index is 0.00464. The van der Waals surface area contributed by atoms with E-state index in [-0.39, 0.29) is 18.0 Å². The standard InChI is InChI=1S/C35H33ClO5.C2H6/c1-21-15-26(39-19-23-7-5-4-6-8-23)16-22(2)34(21)35-29-12-14-31(28(29)11-13-30(35)36)41-25-9-10-27-24(17-33(37)38-3)20-40-32(27)18-25;1-2/h4-11,13,15-16,18,24,31H,12,14,17,19-20H2,1-3H3;1-2H3/t24-,31-;/m1./s1. The molecule has 0 saturated carbocycles. The predicted octanol–water partition coefficient (Wildman–Crippen LogP) is 9.33. The van der Waals surface area contributed by atoms with Gasteiger partial charge in [0.2, 0.25) is 0 Å². The Morgan fingerprint density at radius 1 is 0.907 bits per heavy atom. The minimum Gasteiger partial charge on any atom is -0.492 e. The monoisotopic (exact) mass is 598 g/mol. The molecule has 2 atom stereocenters. The summed E-state index contributed by atoms with van der Waals surface area (Å²) in [6.45, 7) is 9.23. The maximum Gasteiger partial charge on any atom is 0.306 e. The van der Waals surface area contributed by atoms with Crippen molar-refractivity contribution in [2.75, 3.05) is 13.7 Å². The quantitative estimate of drug-likeness (QED) is 0.189. The van der Waals surface area contributed by atoms with Gasteiger partial charge in [-0.3, -0.25) is 4.79 Å². The lowest BCUT2D eigenvalue weighted by atomic mass is 9.90. The molecule has 6 heteroatoms. The first kappa shape index (κ1) is 30.5. The molecule has 43 heavy (non-hydrogen) atoms. The number of ether oxygens (including phenoxy) is 4. The van der Waals surface area contributed by atoms with Crippen LogP contribution >= 0.6 is 11.6 Å². The molecule has 0 radical (unpaired) electrons. The second kappa shape index (κ2) is 13.6. The number of benzene rings is 4. The number of halogens is 1. The zero-order chi connectivity index (χ0) is 30.5. The molecule has 2 aliphatic rings. The van der Waals surface area contributed by atoms with Crippen LogP contribution in [0.2, 0.25) is 5.02 Å². The summed E-state index contributed by atoms with van der Waals surface area (Å²) < 4.78 is 23.4. The van der Waals surface area contributed by atoms with Crippen LogP contribution in [0.3, 0.4) is 0 Å². The van der Waals surface area contributed by atoms with Crippen LogP contribution in [0.4, 0.5) is 0 Å². The molecule has 0 spiro atoms. The first-order valence-corrected chi connectivity index (χ1v) is 15.4. The van der Waals surface area contributed by atoms with E-state index < -0.39 is 0 Å². The van der Waals surface area contributed by atoms with E-state index in [1.165, 1.54) is 12.7 Å². The van der Waals surface area contributed by atoms with Crippen LogP contribution in [-0.2, 0) is 22.6 Å². The Morgan fingerprint density at radius 2 is 1.63 bits per heavy atom. The van der Waals surface area contributed by atoms with Crippen LogP contribution < -0.4 is 14.2 Å². The van der Waals surface area contributed by atoms with Gasteiger partial charge >= 0.3 is 5.97 Å². The Kier molecular flexibility index (Phi) is 9.62. The molecule has 1 aliphatic heterocycles. The number of carbonyl (C=O) groups excluding carboxylic acids is 1. The first-order chi connectivity index (χ1) is 20.9. The second-order valence-electron chi connectivity index (χ2n) is 10.8. The van der Waals surface area contributed by atoms with Crippen molar-refractivity contribution in [3.05, 3.63) is 111 Å². The Bertz CT molecular complexity index is 1570. The number of hydrogen-bond donors (Lipinski definition) is 0. The van der Waals surface area contributed by atoms with E-state index in [1.54, 1.807) is 0 Å². The molecule has 1 aliphatic carbocycles. The molecule has 5 nitrogen and oxygen atoms in total. The van der Waals surface area contributed by atoms with E-state index in [4.69, 9.17) is 30.5 Å². The zero-order valence-electron chi connectivity index (χ0n) is 25.5. The number of fused-ring (bicyclic) bond motifs is 2. The van der Waals surface area contributed by atoms with Gasteiger partial charge in [-0.1, -0.05) is 67.9 Å². The van der Waals surface area contributed by atoms with Crippen LogP contribution in [0.5, 0.6) is 17.2 Å². The summed E-state index contributed by atoms with van der Waals surface area (Å²) in [4.78, 5) is 11.8. The van der Waals surface area contributed by atoms with E-state index in [0.717, 1.165) is 74.1 Å². The van der Waals surface area contributed by atoms with Gasteiger partial charge < -0.3 is 18.9 Å². The van der Waals surface area contributed by atoms with Crippen LogP contribution in [0, 0.1) is 13.8 Å². The second-order valence-corrected chi connectivity index (χ2v) is 11.2. The minimum atomic E-state index is -0.233. The van der Waals surface area contributed by atoms with Crippen molar-refractivity contribution in [3.63, 3.8) is 0 Å². The number of methoxy groups -OCH3 is 1. The molecule has 4 aromatic rings. The van der Waals surface area contributed by atoms with Gasteiger partial charge in [-0.25, -0.2) is 0 Å². The maximum atomic E-state index is 11.8. The highest BCUT2D eigenvalue weighted by Crippen LogP contribution is 2.46. The van der Waals surface area contributed by atoms with Gasteiger partial charge in [-0.15, -0.1) is 0 Å². The fourth-order valence-electron chi connectivity index (χ4n) is 6.12. The van der Waals surface area contributed by atoms with Crippen molar-refractivity contribution in [1.29, 1.82) is 0 Å². The Hall–Kier alpha value is -3.96. The molecule has 4 aromatic carbocycles. The highest BCUT2D eigenvalue weighted by atomic mass is 35.5. The molecular formula is C37H39ClO5. The number of rotatable bonds is 8. The molecule has 0 saturated heterocycles.